The zero-order valence-electron chi connectivity index (χ0n) is 18.0. The Morgan fingerprint density at radius 1 is 1.24 bits per heavy atom. The monoisotopic (exact) mass is 469 g/mol. The molecular weight excluding hydrogens is 446 g/mol. The highest BCUT2D eigenvalue weighted by Gasteiger charge is 2.48. The number of hydrogen-bond acceptors (Lipinski definition) is 9. The van der Waals surface area contributed by atoms with Crippen molar-refractivity contribution < 1.29 is 19.2 Å². The second-order valence-electron chi connectivity index (χ2n) is 7.73. The molecule has 4 rings (SSSR count). The number of aromatic nitrogens is 1. The zero-order valence-corrected chi connectivity index (χ0v) is 18.8. The van der Waals surface area contributed by atoms with Gasteiger partial charge in [-0.05, 0) is 24.1 Å². The fourth-order valence-electron chi connectivity index (χ4n) is 4.19. The van der Waals surface area contributed by atoms with E-state index in [1.165, 1.54) is 31.0 Å². The number of benzene rings is 1. The van der Waals surface area contributed by atoms with Gasteiger partial charge in [0, 0.05) is 41.9 Å². The lowest BCUT2D eigenvalue weighted by Crippen LogP contribution is -2.67. The molecule has 4 atom stereocenters. The van der Waals surface area contributed by atoms with E-state index in [1.54, 1.807) is 37.5 Å². The number of carbonyl (C=O) groups excluding carboxylic acids is 2. The summed E-state index contributed by atoms with van der Waals surface area (Å²) in [6, 6.07) is 9.94. The van der Waals surface area contributed by atoms with Crippen molar-refractivity contribution in [3.63, 3.8) is 0 Å². The van der Waals surface area contributed by atoms with Crippen molar-refractivity contribution in [3.05, 3.63) is 81.3 Å². The number of rotatable bonds is 6. The first-order chi connectivity index (χ1) is 15.9. The number of amides is 1. The summed E-state index contributed by atoms with van der Waals surface area (Å²) in [5.74, 6) is -1.26. The molecule has 11 heteroatoms. The van der Waals surface area contributed by atoms with Gasteiger partial charge < -0.3 is 15.4 Å². The van der Waals surface area contributed by atoms with Gasteiger partial charge in [-0.2, -0.15) is 0 Å². The maximum absolute atomic E-state index is 13.2. The van der Waals surface area contributed by atoms with Crippen LogP contribution in [-0.4, -0.2) is 40.6 Å². The van der Waals surface area contributed by atoms with Crippen LogP contribution in [0.2, 0.25) is 0 Å². The Kier molecular flexibility index (Phi) is 6.61. The Morgan fingerprint density at radius 2 is 2.00 bits per heavy atom. The molecule has 1 aromatic heterocycles. The Hall–Kier alpha value is -3.44. The van der Waals surface area contributed by atoms with Crippen LogP contribution in [-0.2, 0) is 20.1 Å². The number of non-ortho nitro benzene ring substituents is 1. The number of thioether (sulfide) groups is 1. The van der Waals surface area contributed by atoms with Crippen LogP contribution in [0.25, 0.3) is 0 Å². The number of nitro groups is 1. The Bertz CT molecular complexity index is 1090. The van der Waals surface area contributed by atoms with Crippen LogP contribution < -0.4 is 16.0 Å². The van der Waals surface area contributed by atoms with E-state index < -0.39 is 28.9 Å². The van der Waals surface area contributed by atoms with Crippen LogP contribution in [0.1, 0.15) is 24.0 Å². The van der Waals surface area contributed by atoms with Gasteiger partial charge in [-0.3, -0.25) is 25.2 Å². The summed E-state index contributed by atoms with van der Waals surface area (Å²) in [5, 5.41) is 20.5. The normalized spacial score (nSPS) is 24.4. The van der Waals surface area contributed by atoms with Gasteiger partial charge in [0.05, 0.1) is 29.7 Å². The van der Waals surface area contributed by atoms with Crippen molar-refractivity contribution in [1.29, 1.82) is 0 Å². The van der Waals surface area contributed by atoms with Gasteiger partial charge in [0.15, 0.2) is 0 Å². The highest BCUT2D eigenvalue weighted by molar-refractivity contribution is 7.99. The van der Waals surface area contributed by atoms with E-state index in [1.807, 2.05) is 6.07 Å². The lowest BCUT2D eigenvalue weighted by atomic mass is 9.75. The molecule has 2 aromatic rings. The van der Waals surface area contributed by atoms with Crippen molar-refractivity contribution in [2.45, 2.75) is 30.3 Å². The van der Waals surface area contributed by atoms with Gasteiger partial charge in [-0.25, -0.2) is 4.79 Å². The van der Waals surface area contributed by atoms with Crippen molar-refractivity contribution in [2.24, 2.45) is 5.92 Å². The van der Waals surface area contributed by atoms with Gasteiger partial charge >= 0.3 is 5.97 Å². The van der Waals surface area contributed by atoms with Crippen molar-refractivity contribution >= 4 is 29.3 Å². The van der Waals surface area contributed by atoms with Crippen LogP contribution in [0.4, 0.5) is 5.69 Å². The summed E-state index contributed by atoms with van der Waals surface area (Å²) >= 11 is 1.46. The average molecular weight is 470 g/mol. The Morgan fingerprint density at radius 3 is 2.64 bits per heavy atom. The minimum atomic E-state index is -0.594. The summed E-state index contributed by atoms with van der Waals surface area (Å²) in [7, 11) is 1.32. The molecule has 0 saturated carbocycles. The summed E-state index contributed by atoms with van der Waals surface area (Å²) in [4.78, 5) is 40.4. The lowest BCUT2D eigenvalue weighted by Gasteiger charge is -2.45. The maximum Gasteiger partial charge on any atom is 0.336 e. The molecular formula is C22H23N5O5S. The van der Waals surface area contributed by atoms with Crippen molar-refractivity contribution in [3.8, 4) is 0 Å². The summed E-state index contributed by atoms with van der Waals surface area (Å²) in [6.45, 7) is 1.79. The third-order valence-electron chi connectivity index (χ3n) is 5.72. The molecule has 4 unspecified atom stereocenters. The topological polar surface area (TPSA) is 135 Å². The minimum Gasteiger partial charge on any atom is -0.466 e. The Labute approximate surface area is 194 Å². The molecule has 3 N–H and O–H groups in total. The van der Waals surface area contributed by atoms with Crippen molar-refractivity contribution in [1.82, 2.24) is 20.9 Å². The lowest BCUT2D eigenvalue weighted by molar-refractivity contribution is -0.384. The predicted molar refractivity (Wildman–Crippen MR) is 122 cm³/mol. The molecule has 2 aliphatic rings. The second kappa shape index (κ2) is 9.59. The number of esters is 1. The molecule has 3 heterocycles. The largest absolute Gasteiger partial charge is 0.466 e. The zero-order chi connectivity index (χ0) is 23.5. The summed E-state index contributed by atoms with van der Waals surface area (Å²) in [6.07, 6.45) is 2.89. The average Bonchev–Trinajstić information content (AvgIpc) is 2.82. The minimum absolute atomic E-state index is 0.0345. The molecule has 1 amide bonds. The molecule has 1 aromatic carbocycles. The van der Waals surface area contributed by atoms with E-state index in [0.29, 0.717) is 17.0 Å². The number of nitro benzene ring substituents is 1. The van der Waals surface area contributed by atoms with E-state index in [0.717, 1.165) is 11.1 Å². The van der Waals surface area contributed by atoms with E-state index in [4.69, 9.17) is 4.74 Å². The molecule has 0 aliphatic carbocycles. The number of nitrogens with one attached hydrogen (secondary N) is 3. The van der Waals surface area contributed by atoms with Gasteiger partial charge in [0.2, 0.25) is 5.91 Å². The second-order valence-corrected chi connectivity index (χ2v) is 8.83. The molecule has 0 spiro atoms. The fourth-order valence-corrected chi connectivity index (χ4v) is 5.19. The quantitative estimate of drug-likeness (QED) is 0.330. The number of allylic oxidation sites excluding steroid dienone is 1. The third-order valence-corrected chi connectivity index (χ3v) is 6.81. The molecule has 1 saturated heterocycles. The first-order valence-electron chi connectivity index (χ1n) is 10.3. The van der Waals surface area contributed by atoms with Crippen LogP contribution in [0.15, 0.2) is 60.1 Å². The van der Waals surface area contributed by atoms with E-state index >= 15 is 0 Å². The van der Waals surface area contributed by atoms with E-state index in [-0.39, 0.29) is 17.1 Å². The van der Waals surface area contributed by atoms with Gasteiger partial charge in [0.1, 0.15) is 5.50 Å². The number of ether oxygens (including phenoxy) is 1. The number of hydrogen-bond donors (Lipinski definition) is 3. The van der Waals surface area contributed by atoms with Gasteiger partial charge in [-0.1, -0.05) is 18.2 Å². The number of fused-ring (bicyclic) bond motifs is 1. The van der Waals surface area contributed by atoms with E-state index in [9.17, 15) is 19.7 Å². The molecule has 1 fully saturated rings. The molecule has 33 heavy (non-hydrogen) atoms. The number of methoxy groups -OCH3 is 1. The van der Waals surface area contributed by atoms with Crippen LogP contribution in [0.3, 0.4) is 0 Å². The molecule has 0 radical (unpaired) electrons. The first-order valence-corrected chi connectivity index (χ1v) is 11.3. The van der Waals surface area contributed by atoms with Crippen LogP contribution in [0.5, 0.6) is 0 Å². The maximum atomic E-state index is 13.2. The highest BCUT2D eigenvalue weighted by Crippen LogP contribution is 2.40. The van der Waals surface area contributed by atoms with E-state index in [2.05, 4.69) is 20.9 Å². The smallest absolute Gasteiger partial charge is 0.336 e. The number of pyridine rings is 1. The SMILES string of the molecule is COC(=O)C1=C(C)NC2NC(SCc3ccc([N+](=O)[O-])cc3)NC(=O)C2C1c1cccnc1. The molecule has 0 bridgehead atoms. The highest BCUT2D eigenvalue weighted by atomic mass is 32.2. The van der Waals surface area contributed by atoms with Gasteiger partial charge in [-0.15, -0.1) is 11.8 Å². The predicted octanol–water partition coefficient (Wildman–Crippen LogP) is 2.00. The number of nitrogens with zero attached hydrogens (tertiary/aromatic N) is 2. The van der Waals surface area contributed by atoms with Crippen LogP contribution in [0, 0.1) is 16.0 Å². The molecule has 172 valence electrons. The molecule has 10 nitrogen and oxygen atoms in total. The summed E-state index contributed by atoms with van der Waals surface area (Å²) < 4.78 is 5.00. The third kappa shape index (κ3) is 4.69. The molecule has 2 aliphatic heterocycles. The van der Waals surface area contributed by atoms with Crippen LogP contribution >= 0.6 is 11.8 Å². The van der Waals surface area contributed by atoms with Crippen molar-refractivity contribution in [2.75, 3.05) is 7.11 Å². The standard InChI is InChI=1S/C22H23N5O5S/c1-12-16(21(29)32-2)17(14-4-3-9-23-10-14)18-19(24-12)25-22(26-20(18)28)33-11-13-5-7-15(8-6-13)27(30)31/h3-10,17-19,22,24-25H,11H2,1-2H3,(H,26,28). The Balaban J connectivity index is 1.54. The number of carbonyl (C=O) groups is 2. The van der Waals surface area contributed by atoms with Gasteiger partial charge in [0.25, 0.3) is 5.69 Å². The fraction of sp³-hybridized carbons (Fsp3) is 0.318. The first kappa shape index (κ1) is 22.7. The summed E-state index contributed by atoms with van der Waals surface area (Å²) in [5.41, 5.74) is 2.34.